The molecule has 1 fully saturated rings. The molecule has 0 aliphatic heterocycles. The summed E-state index contributed by atoms with van der Waals surface area (Å²) >= 11 is 0. The molecule has 1 unspecified atom stereocenters. The van der Waals surface area contributed by atoms with Crippen LogP contribution in [0.4, 0.5) is 0 Å². The lowest BCUT2D eigenvalue weighted by atomic mass is 9.98. The lowest BCUT2D eigenvalue weighted by Gasteiger charge is -2.22. The Hall–Kier alpha value is -1.39. The van der Waals surface area contributed by atoms with Crippen LogP contribution in [-0.2, 0) is 16.0 Å². The van der Waals surface area contributed by atoms with Crippen LogP contribution in [-0.4, -0.2) is 30.3 Å². The van der Waals surface area contributed by atoms with Gasteiger partial charge in [0.2, 0.25) is 5.91 Å². The van der Waals surface area contributed by atoms with Crippen LogP contribution >= 0.6 is 0 Å². The van der Waals surface area contributed by atoms with Gasteiger partial charge in [-0.1, -0.05) is 50.5 Å². The van der Waals surface area contributed by atoms with Crippen LogP contribution in [0, 0.1) is 0 Å². The number of aliphatic hydroxyl groups excluding tert-OH is 1. The molecule has 22 heavy (non-hydrogen) atoms. The van der Waals surface area contributed by atoms with Crippen LogP contribution < -0.4 is 5.32 Å². The summed E-state index contributed by atoms with van der Waals surface area (Å²) in [6.07, 6.45) is 6.95. The van der Waals surface area contributed by atoms with Gasteiger partial charge in [-0.2, -0.15) is 0 Å². The van der Waals surface area contributed by atoms with Crippen molar-refractivity contribution in [3.05, 3.63) is 35.4 Å². The van der Waals surface area contributed by atoms with Gasteiger partial charge in [-0.3, -0.25) is 4.79 Å². The van der Waals surface area contributed by atoms with Crippen molar-refractivity contribution >= 4 is 5.91 Å². The number of amides is 1. The van der Waals surface area contributed by atoms with Crippen LogP contribution in [0.15, 0.2) is 24.3 Å². The highest BCUT2D eigenvalue weighted by Crippen LogP contribution is 2.20. The van der Waals surface area contributed by atoms with Crippen LogP contribution in [0.5, 0.6) is 0 Å². The number of aryl methyl sites for hydroxylation is 1. The molecule has 1 aliphatic carbocycles. The molecular formula is C18H27NO3. The van der Waals surface area contributed by atoms with E-state index in [2.05, 4.69) is 12.2 Å². The minimum Gasteiger partial charge on any atom is -0.394 e. The van der Waals surface area contributed by atoms with E-state index in [0.717, 1.165) is 24.8 Å². The Morgan fingerprint density at radius 3 is 2.55 bits per heavy atom. The molecule has 1 amide bonds. The van der Waals surface area contributed by atoms with E-state index in [-0.39, 0.29) is 31.3 Å². The van der Waals surface area contributed by atoms with Gasteiger partial charge >= 0.3 is 0 Å². The first kappa shape index (κ1) is 17.0. The minimum atomic E-state index is -0.367. The fourth-order valence-corrected chi connectivity index (χ4v) is 2.88. The van der Waals surface area contributed by atoms with E-state index in [1.165, 1.54) is 24.8 Å². The number of rotatable bonds is 7. The number of aliphatic hydroxyl groups is 1. The third-order valence-electron chi connectivity index (χ3n) is 4.31. The maximum absolute atomic E-state index is 12.0. The summed E-state index contributed by atoms with van der Waals surface area (Å²) in [6.45, 7) is 2.07. The fraction of sp³-hybridized carbons (Fsp3) is 0.611. The molecule has 122 valence electrons. The smallest absolute Gasteiger partial charge is 0.246 e. The molecule has 4 nitrogen and oxygen atoms in total. The maximum Gasteiger partial charge on any atom is 0.246 e. The Kier molecular flexibility index (Phi) is 6.87. The molecule has 0 radical (unpaired) electrons. The van der Waals surface area contributed by atoms with Gasteiger partial charge in [0.15, 0.2) is 0 Å². The third kappa shape index (κ3) is 5.11. The Balaban J connectivity index is 1.81. The number of ether oxygens (including phenoxy) is 1. The summed E-state index contributed by atoms with van der Waals surface area (Å²) in [7, 11) is 0. The summed E-state index contributed by atoms with van der Waals surface area (Å²) < 4.78 is 5.67. The summed E-state index contributed by atoms with van der Waals surface area (Å²) in [6, 6.07) is 7.61. The Morgan fingerprint density at radius 2 is 1.95 bits per heavy atom. The Morgan fingerprint density at radius 1 is 1.27 bits per heavy atom. The fourth-order valence-electron chi connectivity index (χ4n) is 2.88. The first-order chi connectivity index (χ1) is 10.7. The van der Waals surface area contributed by atoms with E-state index < -0.39 is 0 Å². The van der Waals surface area contributed by atoms with E-state index in [1.807, 2.05) is 24.3 Å². The number of carbonyl (C=O) groups is 1. The van der Waals surface area contributed by atoms with Gasteiger partial charge in [0.25, 0.3) is 0 Å². The monoisotopic (exact) mass is 305 g/mol. The van der Waals surface area contributed by atoms with Crippen molar-refractivity contribution in [1.82, 2.24) is 5.32 Å². The number of carbonyl (C=O) groups excluding carboxylic acids is 1. The average molecular weight is 305 g/mol. The first-order valence-electron chi connectivity index (χ1n) is 8.33. The summed E-state index contributed by atoms with van der Waals surface area (Å²) in [5.41, 5.74) is 2.16. The molecule has 1 aliphatic rings. The highest BCUT2D eigenvalue weighted by molar-refractivity contribution is 5.77. The number of hydrogen-bond donors (Lipinski definition) is 2. The van der Waals surface area contributed by atoms with Crippen molar-refractivity contribution in [2.24, 2.45) is 0 Å². The van der Waals surface area contributed by atoms with E-state index in [1.54, 1.807) is 0 Å². The molecule has 0 aromatic heterocycles. The standard InChI is InChI=1S/C18H27NO3/c1-2-14-8-10-15(11-9-14)17(12-20)19-18(21)13-22-16-6-4-3-5-7-16/h8-11,16-17,20H,2-7,12-13H2,1H3,(H,19,21). The van der Waals surface area contributed by atoms with Gasteiger partial charge in [-0.15, -0.1) is 0 Å². The molecule has 1 saturated carbocycles. The van der Waals surface area contributed by atoms with E-state index in [4.69, 9.17) is 4.74 Å². The molecule has 0 spiro atoms. The van der Waals surface area contributed by atoms with E-state index in [9.17, 15) is 9.90 Å². The van der Waals surface area contributed by atoms with Gasteiger partial charge in [0.05, 0.1) is 18.8 Å². The quantitative estimate of drug-likeness (QED) is 0.814. The van der Waals surface area contributed by atoms with Crippen molar-refractivity contribution in [1.29, 1.82) is 0 Å². The largest absolute Gasteiger partial charge is 0.394 e. The van der Waals surface area contributed by atoms with Crippen LogP contribution in [0.2, 0.25) is 0 Å². The predicted octanol–water partition coefficient (Wildman–Crippen LogP) is 2.75. The zero-order valence-corrected chi connectivity index (χ0v) is 13.4. The molecule has 1 atom stereocenters. The zero-order chi connectivity index (χ0) is 15.8. The van der Waals surface area contributed by atoms with E-state index >= 15 is 0 Å². The molecule has 0 heterocycles. The highest BCUT2D eigenvalue weighted by Gasteiger charge is 2.17. The third-order valence-corrected chi connectivity index (χ3v) is 4.31. The molecule has 1 aromatic rings. The molecule has 1 aromatic carbocycles. The zero-order valence-electron chi connectivity index (χ0n) is 13.4. The summed E-state index contributed by atoms with van der Waals surface area (Å²) in [5, 5.41) is 12.4. The van der Waals surface area contributed by atoms with Crippen molar-refractivity contribution in [2.75, 3.05) is 13.2 Å². The van der Waals surface area contributed by atoms with Crippen molar-refractivity contribution < 1.29 is 14.6 Å². The van der Waals surface area contributed by atoms with Gasteiger partial charge < -0.3 is 15.2 Å². The molecule has 0 saturated heterocycles. The second-order valence-electron chi connectivity index (χ2n) is 5.97. The average Bonchev–Trinajstić information content (AvgIpc) is 2.59. The second-order valence-corrected chi connectivity index (χ2v) is 5.97. The van der Waals surface area contributed by atoms with Crippen LogP contribution in [0.1, 0.15) is 56.2 Å². The van der Waals surface area contributed by atoms with E-state index in [0.29, 0.717) is 0 Å². The number of nitrogens with one attached hydrogen (secondary N) is 1. The molecule has 2 rings (SSSR count). The van der Waals surface area contributed by atoms with Crippen LogP contribution in [0.25, 0.3) is 0 Å². The van der Waals surface area contributed by atoms with Gasteiger partial charge in [0, 0.05) is 0 Å². The van der Waals surface area contributed by atoms with Gasteiger partial charge in [0.1, 0.15) is 6.61 Å². The van der Waals surface area contributed by atoms with Crippen molar-refractivity contribution in [3.63, 3.8) is 0 Å². The summed E-state index contributed by atoms with van der Waals surface area (Å²) in [4.78, 5) is 12.0. The van der Waals surface area contributed by atoms with Crippen LogP contribution in [0.3, 0.4) is 0 Å². The lowest BCUT2D eigenvalue weighted by Crippen LogP contribution is -2.35. The summed E-state index contributed by atoms with van der Waals surface area (Å²) in [5.74, 6) is -0.163. The molecular weight excluding hydrogens is 278 g/mol. The topological polar surface area (TPSA) is 58.6 Å². The van der Waals surface area contributed by atoms with Crippen molar-refractivity contribution in [3.8, 4) is 0 Å². The SMILES string of the molecule is CCc1ccc(C(CO)NC(=O)COC2CCCCC2)cc1. The minimum absolute atomic E-state index is 0.0776. The predicted molar refractivity (Wildman–Crippen MR) is 86.6 cm³/mol. The van der Waals surface area contributed by atoms with Crippen molar-refractivity contribution in [2.45, 2.75) is 57.6 Å². The second kappa shape index (κ2) is 8.91. The molecule has 0 bridgehead atoms. The lowest BCUT2D eigenvalue weighted by molar-refractivity contribution is -0.129. The number of hydrogen-bond acceptors (Lipinski definition) is 3. The molecule has 4 heteroatoms. The normalized spacial score (nSPS) is 17.2. The first-order valence-corrected chi connectivity index (χ1v) is 8.33. The molecule has 2 N–H and O–H groups in total. The Labute approximate surface area is 132 Å². The highest BCUT2D eigenvalue weighted by atomic mass is 16.5. The van der Waals surface area contributed by atoms with Gasteiger partial charge in [-0.25, -0.2) is 0 Å². The van der Waals surface area contributed by atoms with Gasteiger partial charge in [-0.05, 0) is 30.4 Å². The Bertz CT molecular complexity index is 452. The maximum atomic E-state index is 12.0. The number of benzene rings is 1.